The van der Waals surface area contributed by atoms with E-state index in [1.165, 1.54) is 0 Å². The van der Waals surface area contributed by atoms with E-state index in [0.717, 1.165) is 5.56 Å². The summed E-state index contributed by atoms with van der Waals surface area (Å²) in [5, 5.41) is 19.9. The number of hydrogen-bond acceptors (Lipinski definition) is 4. The minimum absolute atomic E-state index is 0.183. The number of rotatable bonds is 3. The SMILES string of the molecule is Cc1ccc(Cl)c(N/N=C(\C#N)C(=N)N)c1. The maximum absolute atomic E-state index is 8.62. The third-order valence-electron chi connectivity index (χ3n) is 1.77. The van der Waals surface area contributed by atoms with Crippen molar-refractivity contribution in [1.29, 1.82) is 10.7 Å². The van der Waals surface area contributed by atoms with Crippen molar-refractivity contribution in [2.45, 2.75) is 6.92 Å². The van der Waals surface area contributed by atoms with E-state index in [4.69, 9.17) is 28.0 Å². The molecule has 0 spiro atoms. The molecule has 0 fully saturated rings. The van der Waals surface area contributed by atoms with E-state index >= 15 is 0 Å². The van der Waals surface area contributed by atoms with Crippen LogP contribution in [0.4, 0.5) is 5.69 Å². The Bertz CT molecular complexity index is 486. The maximum atomic E-state index is 8.62. The number of hydrogen-bond donors (Lipinski definition) is 3. The van der Waals surface area contributed by atoms with E-state index in [9.17, 15) is 0 Å². The van der Waals surface area contributed by atoms with Crippen LogP contribution in [0.15, 0.2) is 23.3 Å². The average Bonchev–Trinajstić information content (AvgIpc) is 2.23. The molecule has 0 unspecified atom stereocenters. The van der Waals surface area contributed by atoms with Crippen LogP contribution in [0.5, 0.6) is 0 Å². The Morgan fingerprint density at radius 3 is 2.88 bits per heavy atom. The standard InChI is InChI=1S/C10H10ClN5/c1-6-2-3-7(11)8(4-6)15-16-9(5-12)10(13)14/h2-4,15H,1H3,(H3,13,14)/b16-9+. The van der Waals surface area contributed by atoms with Gasteiger partial charge in [-0.25, -0.2) is 0 Å². The van der Waals surface area contributed by atoms with Crippen LogP contribution in [0.2, 0.25) is 5.02 Å². The van der Waals surface area contributed by atoms with Gasteiger partial charge in [-0.05, 0) is 24.6 Å². The van der Waals surface area contributed by atoms with Crippen molar-refractivity contribution in [2.75, 3.05) is 5.43 Å². The molecule has 1 aromatic carbocycles. The molecule has 0 heterocycles. The van der Waals surface area contributed by atoms with Crippen molar-refractivity contribution in [3.8, 4) is 6.07 Å². The van der Waals surface area contributed by atoms with Crippen LogP contribution in [0.25, 0.3) is 0 Å². The Hall–Kier alpha value is -2.06. The minimum Gasteiger partial charge on any atom is -0.382 e. The molecule has 0 aliphatic heterocycles. The molecule has 0 saturated carbocycles. The Morgan fingerprint density at radius 2 is 2.31 bits per heavy atom. The molecule has 0 aliphatic rings. The van der Waals surface area contributed by atoms with Gasteiger partial charge in [-0.2, -0.15) is 10.4 Å². The number of anilines is 1. The first-order valence-corrected chi connectivity index (χ1v) is 4.76. The molecule has 4 N–H and O–H groups in total. The van der Waals surface area contributed by atoms with Crippen molar-refractivity contribution >= 4 is 28.8 Å². The zero-order valence-electron chi connectivity index (χ0n) is 8.58. The predicted octanol–water partition coefficient (Wildman–Crippen LogP) is 1.88. The molecule has 6 heteroatoms. The number of hydrazone groups is 1. The molecular weight excluding hydrogens is 226 g/mol. The Labute approximate surface area is 98.0 Å². The van der Waals surface area contributed by atoms with Gasteiger partial charge < -0.3 is 5.73 Å². The lowest BCUT2D eigenvalue weighted by atomic mass is 10.2. The first-order chi connectivity index (χ1) is 7.54. The molecule has 1 rings (SSSR count). The number of aryl methyl sites for hydroxylation is 1. The number of amidine groups is 1. The lowest BCUT2D eigenvalue weighted by Crippen LogP contribution is -2.21. The first-order valence-electron chi connectivity index (χ1n) is 4.39. The van der Waals surface area contributed by atoms with Gasteiger partial charge in [0, 0.05) is 0 Å². The molecule has 0 atom stereocenters. The molecule has 0 aliphatic carbocycles. The molecule has 1 aromatic rings. The Balaban J connectivity index is 2.94. The highest BCUT2D eigenvalue weighted by atomic mass is 35.5. The van der Waals surface area contributed by atoms with Gasteiger partial charge in [0.2, 0.25) is 5.71 Å². The lowest BCUT2D eigenvalue weighted by molar-refractivity contribution is 1.32. The molecule has 0 bridgehead atoms. The summed E-state index contributed by atoms with van der Waals surface area (Å²) < 4.78 is 0. The van der Waals surface area contributed by atoms with Gasteiger partial charge in [-0.15, -0.1) is 0 Å². The molecule has 0 saturated heterocycles. The van der Waals surface area contributed by atoms with Crippen LogP contribution < -0.4 is 11.2 Å². The van der Waals surface area contributed by atoms with Gasteiger partial charge in [0.05, 0.1) is 10.7 Å². The van der Waals surface area contributed by atoms with E-state index in [-0.39, 0.29) is 5.71 Å². The second-order valence-corrected chi connectivity index (χ2v) is 3.49. The van der Waals surface area contributed by atoms with Gasteiger partial charge in [-0.1, -0.05) is 17.7 Å². The van der Waals surface area contributed by atoms with E-state index in [0.29, 0.717) is 10.7 Å². The van der Waals surface area contributed by atoms with E-state index in [2.05, 4.69) is 10.5 Å². The fourth-order valence-corrected chi connectivity index (χ4v) is 1.15. The van der Waals surface area contributed by atoms with E-state index in [1.54, 1.807) is 18.2 Å². The van der Waals surface area contributed by atoms with Gasteiger partial charge in [0.1, 0.15) is 6.07 Å². The van der Waals surface area contributed by atoms with Crippen LogP contribution in [-0.4, -0.2) is 11.5 Å². The first kappa shape index (κ1) is 12.0. The summed E-state index contributed by atoms with van der Waals surface area (Å²) in [5.74, 6) is -0.390. The summed E-state index contributed by atoms with van der Waals surface area (Å²) >= 11 is 5.90. The minimum atomic E-state index is -0.390. The predicted molar refractivity (Wildman–Crippen MR) is 64.8 cm³/mol. The lowest BCUT2D eigenvalue weighted by Gasteiger charge is -2.04. The smallest absolute Gasteiger partial charge is 0.201 e. The third-order valence-corrected chi connectivity index (χ3v) is 2.10. The number of benzene rings is 1. The monoisotopic (exact) mass is 235 g/mol. The van der Waals surface area contributed by atoms with Crippen LogP contribution in [0.3, 0.4) is 0 Å². The highest BCUT2D eigenvalue weighted by Gasteiger charge is 2.03. The molecule has 82 valence electrons. The van der Waals surface area contributed by atoms with Crippen molar-refractivity contribution in [2.24, 2.45) is 10.8 Å². The molecule has 5 nitrogen and oxygen atoms in total. The summed E-state index contributed by atoms with van der Waals surface area (Å²) in [7, 11) is 0. The van der Waals surface area contributed by atoms with Crippen LogP contribution in [0.1, 0.15) is 5.56 Å². The quantitative estimate of drug-likeness (QED) is 0.424. The molecule has 16 heavy (non-hydrogen) atoms. The second-order valence-electron chi connectivity index (χ2n) is 3.08. The maximum Gasteiger partial charge on any atom is 0.201 e. The van der Waals surface area contributed by atoms with Crippen LogP contribution >= 0.6 is 11.6 Å². The van der Waals surface area contributed by atoms with Crippen molar-refractivity contribution in [1.82, 2.24) is 0 Å². The summed E-state index contributed by atoms with van der Waals surface area (Å²) in [4.78, 5) is 0. The fourth-order valence-electron chi connectivity index (χ4n) is 0.986. The van der Waals surface area contributed by atoms with Gasteiger partial charge in [-0.3, -0.25) is 10.8 Å². The van der Waals surface area contributed by atoms with Gasteiger partial charge in [0.25, 0.3) is 0 Å². The summed E-state index contributed by atoms with van der Waals surface area (Å²) in [6.45, 7) is 1.90. The Morgan fingerprint density at radius 1 is 1.62 bits per heavy atom. The summed E-state index contributed by atoms with van der Waals surface area (Å²) in [6.07, 6.45) is 0. The summed E-state index contributed by atoms with van der Waals surface area (Å²) in [5.41, 5.74) is 9.12. The highest BCUT2D eigenvalue weighted by Crippen LogP contribution is 2.22. The molecule has 0 aromatic heterocycles. The molecule has 0 radical (unpaired) electrons. The van der Waals surface area contributed by atoms with Crippen molar-refractivity contribution in [3.05, 3.63) is 28.8 Å². The Kier molecular flexibility index (Phi) is 3.86. The number of nitriles is 1. The van der Waals surface area contributed by atoms with Crippen LogP contribution in [-0.2, 0) is 0 Å². The number of halogens is 1. The highest BCUT2D eigenvalue weighted by molar-refractivity contribution is 6.45. The number of nitrogens with zero attached hydrogens (tertiary/aromatic N) is 2. The number of nitrogens with one attached hydrogen (secondary N) is 2. The van der Waals surface area contributed by atoms with Crippen molar-refractivity contribution in [3.63, 3.8) is 0 Å². The van der Waals surface area contributed by atoms with Gasteiger partial charge >= 0.3 is 0 Å². The van der Waals surface area contributed by atoms with Crippen LogP contribution in [0, 0.1) is 23.7 Å². The topological polar surface area (TPSA) is 98.0 Å². The zero-order valence-corrected chi connectivity index (χ0v) is 9.34. The number of nitrogens with two attached hydrogens (primary N) is 1. The van der Waals surface area contributed by atoms with Gasteiger partial charge in [0.15, 0.2) is 5.84 Å². The third kappa shape index (κ3) is 2.97. The molecule has 0 amide bonds. The molecular formula is C10H10ClN5. The van der Waals surface area contributed by atoms with E-state index in [1.807, 2.05) is 13.0 Å². The average molecular weight is 236 g/mol. The zero-order chi connectivity index (χ0) is 12.1. The normalized spacial score (nSPS) is 10.7. The fraction of sp³-hybridized carbons (Fsp3) is 0.100. The largest absolute Gasteiger partial charge is 0.382 e. The van der Waals surface area contributed by atoms with Crippen molar-refractivity contribution < 1.29 is 0 Å². The second kappa shape index (κ2) is 5.14. The summed E-state index contributed by atoms with van der Waals surface area (Å²) in [6, 6.07) is 7.05. The van der Waals surface area contributed by atoms with E-state index < -0.39 is 5.84 Å².